The number of hydrogen-bond acceptors (Lipinski definition) is 6. The van der Waals surface area contributed by atoms with Crippen LogP contribution < -0.4 is 21.1 Å². The molecule has 1 aromatic heterocycles. The molecule has 0 spiro atoms. The lowest BCUT2D eigenvalue weighted by Crippen LogP contribution is -2.45. The predicted octanol–water partition coefficient (Wildman–Crippen LogP) is 3.83. The van der Waals surface area contributed by atoms with Crippen LogP contribution in [0.3, 0.4) is 0 Å². The molecule has 3 aromatic rings. The second-order valence-corrected chi connectivity index (χ2v) is 9.55. The summed E-state index contributed by atoms with van der Waals surface area (Å²) in [6.07, 6.45) is 1.29. The Balaban J connectivity index is 1.53. The number of benzene rings is 2. The average molecular weight is 553 g/mol. The van der Waals surface area contributed by atoms with E-state index in [2.05, 4.69) is 10.6 Å². The lowest BCUT2D eigenvalue weighted by Gasteiger charge is -2.24. The molecule has 10 nitrogen and oxygen atoms in total. The number of hydrogen-bond donors (Lipinski definition) is 2. The van der Waals surface area contributed by atoms with E-state index in [-0.39, 0.29) is 36.0 Å². The predicted molar refractivity (Wildman–Crippen MR) is 146 cm³/mol. The fourth-order valence-electron chi connectivity index (χ4n) is 4.35. The third kappa shape index (κ3) is 5.87. The fourth-order valence-corrected chi connectivity index (χ4v) is 4.47. The molecule has 0 unspecified atom stereocenters. The van der Waals surface area contributed by atoms with Gasteiger partial charge in [0.15, 0.2) is 0 Å². The van der Waals surface area contributed by atoms with Gasteiger partial charge in [-0.25, -0.2) is 9.18 Å². The van der Waals surface area contributed by atoms with Crippen LogP contribution in [0.5, 0.6) is 0 Å². The number of nitrogens with zero attached hydrogens (tertiary/aromatic N) is 4. The second kappa shape index (κ2) is 11.6. The molecule has 0 saturated carbocycles. The number of likely N-dealkylation sites (tertiary alicyclic amines) is 1. The van der Waals surface area contributed by atoms with Crippen LogP contribution in [0.15, 0.2) is 59.5 Å². The summed E-state index contributed by atoms with van der Waals surface area (Å²) < 4.78 is 21.6. The van der Waals surface area contributed by atoms with Gasteiger partial charge in [0.05, 0.1) is 23.2 Å². The number of carbonyl (C=O) groups is 2. The van der Waals surface area contributed by atoms with E-state index in [1.165, 1.54) is 30.3 Å². The molecule has 3 amide bonds. The summed E-state index contributed by atoms with van der Waals surface area (Å²) in [5.74, 6) is -1.38. The maximum atomic E-state index is 15.1. The van der Waals surface area contributed by atoms with Gasteiger partial charge in [0.1, 0.15) is 23.5 Å². The van der Waals surface area contributed by atoms with Crippen molar-refractivity contribution in [1.82, 2.24) is 9.47 Å². The minimum Gasteiger partial charge on any atom is -0.380 e. The van der Waals surface area contributed by atoms with Crippen LogP contribution in [0.4, 0.5) is 26.2 Å². The van der Waals surface area contributed by atoms with Crippen LogP contribution in [-0.2, 0) is 9.53 Å². The molecule has 0 bridgehead atoms. The molecule has 1 saturated heterocycles. The number of amides is 3. The number of carbonyl (C=O) groups excluding carboxylic acids is 2. The van der Waals surface area contributed by atoms with Crippen molar-refractivity contribution < 1.29 is 18.7 Å². The number of urea groups is 1. The largest absolute Gasteiger partial charge is 0.380 e. The molecular formula is C27H26ClFN6O4. The zero-order chi connectivity index (χ0) is 28.3. The van der Waals surface area contributed by atoms with Gasteiger partial charge in [-0.05, 0) is 42.5 Å². The third-order valence-electron chi connectivity index (χ3n) is 6.41. The van der Waals surface area contributed by atoms with Crippen molar-refractivity contribution in [3.05, 3.63) is 81.5 Å². The van der Waals surface area contributed by atoms with Crippen molar-refractivity contribution >= 4 is 40.6 Å². The first-order valence-electron chi connectivity index (χ1n) is 11.9. The van der Waals surface area contributed by atoms with Crippen LogP contribution in [0.2, 0.25) is 5.02 Å². The zero-order valence-corrected chi connectivity index (χ0v) is 22.2. The Hall–Kier alpha value is -4.40. The highest BCUT2D eigenvalue weighted by Crippen LogP contribution is 2.25. The number of rotatable bonds is 6. The molecule has 2 heterocycles. The second-order valence-electron chi connectivity index (χ2n) is 9.11. The highest BCUT2D eigenvalue weighted by molar-refractivity contribution is 6.30. The summed E-state index contributed by atoms with van der Waals surface area (Å²) in [4.78, 5) is 41.9. The van der Waals surface area contributed by atoms with Crippen molar-refractivity contribution in [1.29, 1.82) is 5.26 Å². The normalized spacial score (nSPS) is 16.5. The first-order valence-corrected chi connectivity index (χ1v) is 12.3. The average Bonchev–Trinajstić information content (AvgIpc) is 3.36. The molecule has 4 rings (SSSR count). The van der Waals surface area contributed by atoms with Gasteiger partial charge in [-0.1, -0.05) is 11.6 Å². The first kappa shape index (κ1) is 27.6. The van der Waals surface area contributed by atoms with Crippen LogP contribution in [0.1, 0.15) is 12.0 Å². The monoisotopic (exact) mass is 552 g/mol. The van der Waals surface area contributed by atoms with Crippen molar-refractivity contribution in [2.75, 3.05) is 43.3 Å². The number of anilines is 3. The third-order valence-corrected chi connectivity index (χ3v) is 6.66. The molecular weight excluding hydrogens is 527 g/mol. The van der Waals surface area contributed by atoms with E-state index in [9.17, 15) is 19.6 Å². The molecule has 0 aliphatic carbocycles. The van der Waals surface area contributed by atoms with Gasteiger partial charge in [0.25, 0.3) is 5.56 Å². The van der Waals surface area contributed by atoms with Gasteiger partial charge >= 0.3 is 6.03 Å². The highest BCUT2D eigenvalue weighted by atomic mass is 35.5. The van der Waals surface area contributed by atoms with Crippen molar-refractivity contribution in [2.24, 2.45) is 0 Å². The van der Waals surface area contributed by atoms with Crippen LogP contribution in [-0.4, -0.2) is 61.3 Å². The van der Waals surface area contributed by atoms with E-state index in [0.717, 1.165) is 10.6 Å². The number of methoxy groups -OCH3 is 1. The van der Waals surface area contributed by atoms with Crippen LogP contribution >= 0.6 is 11.6 Å². The van der Waals surface area contributed by atoms with Gasteiger partial charge in [-0.2, -0.15) is 5.26 Å². The molecule has 1 aliphatic rings. The van der Waals surface area contributed by atoms with Crippen LogP contribution in [0.25, 0.3) is 5.69 Å². The minimum atomic E-state index is -0.916. The first-order chi connectivity index (χ1) is 18.6. The molecule has 12 heteroatoms. The lowest BCUT2D eigenvalue weighted by atomic mass is 10.1. The van der Waals surface area contributed by atoms with Crippen molar-refractivity contribution in [3.8, 4) is 11.8 Å². The van der Waals surface area contributed by atoms with Crippen molar-refractivity contribution in [2.45, 2.75) is 18.6 Å². The minimum absolute atomic E-state index is 0.0776. The number of nitriles is 1. The molecule has 1 fully saturated rings. The number of halogens is 2. The topological polar surface area (TPSA) is 120 Å². The van der Waals surface area contributed by atoms with Gasteiger partial charge in [-0.3, -0.25) is 14.2 Å². The number of ether oxygens (including phenoxy) is 1. The molecule has 2 aromatic carbocycles. The van der Waals surface area contributed by atoms with E-state index < -0.39 is 29.4 Å². The summed E-state index contributed by atoms with van der Waals surface area (Å²) >= 11 is 5.90. The van der Waals surface area contributed by atoms with Gasteiger partial charge in [0.2, 0.25) is 5.91 Å². The molecule has 1 aliphatic heterocycles. The molecule has 39 heavy (non-hydrogen) atoms. The Morgan fingerprint density at radius 1 is 1.15 bits per heavy atom. The van der Waals surface area contributed by atoms with E-state index in [0.29, 0.717) is 16.4 Å². The lowest BCUT2D eigenvalue weighted by molar-refractivity contribution is -0.119. The Bertz CT molecular complexity index is 1500. The van der Waals surface area contributed by atoms with Gasteiger partial charge < -0.3 is 25.2 Å². The maximum Gasteiger partial charge on any atom is 0.322 e. The number of aromatic nitrogens is 1. The molecule has 2 atom stereocenters. The molecule has 0 radical (unpaired) electrons. The maximum absolute atomic E-state index is 15.1. The van der Waals surface area contributed by atoms with Crippen molar-refractivity contribution in [3.63, 3.8) is 0 Å². The van der Waals surface area contributed by atoms with E-state index in [1.54, 1.807) is 49.3 Å². The highest BCUT2D eigenvalue weighted by Gasteiger charge is 2.40. The Morgan fingerprint density at radius 3 is 2.49 bits per heavy atom. The Kier molecular flexibility index (Phi) is 8.18. The summed E-state index contributed by atoms with van der Waals surface area (Å²) in [7, 11) is 4.90. The smallest absolute Gasteiger partial charge is 0.322 e. The van der Waals surface area contributed by atoms with Crippen LogP contribution in [0, 0.1) is 17.1 Å². The van der Waals surface area contributed by atoms with Gasteiger partial charge in [0, 0.05) is 57.1 Å². The van der Waals surface area contributed by atoms with E-state index in [4.69, 9.17) is 16.3 Å². The fraction of sp³-hybridized carbons (Fsp3) is 0.259. The van der Waals surface area contributed by atoms with Gasteiger partial charge in [-0.15, -0.1) is 0 Å². The van der Waals surface area contributed by atoms with E-state index >= 15 is 4.39 Å². The number of pyridine rings is 1. The summed E-state index contributed by atoms with van der Waals surface area (Å²) in [5.41, 5.74) is 0.325. The Morgan fingerprint density at radius 2 is 1.87 bits per heavy atom. The molecule has 202 valence electrons. The van der Waals surface area contributed by atoms with E-state index in [1.807, 2.05) is 6.07 Å². The SMILES string of the molecule is CO[C@@H]1C[C@H](C(=O)Nc2ccc(-n3ccc(N(C)C)c(C#N)c3=O)cc2F)N(C(=O)Nc2ccc(Cl)cc2)C1. The zero-order valence-electron chi connectivity index (χ0n) is 21.4. The summed E-state index contributed by atoms with van der Waals surface area (Å²) in [6.45, 7) is 0.169. The quantitative estimate of drug-likeness (QED) is 0.480. The summed E-state index contributed by atoms with van der Waals surface area (Å²) in [5, 5.41) is 15.2. The standard InChI is InChI=1S/C27H26ClFN6O4/c1-33(2)23-10-11-34(26(37)20(23)14-30)18-8-9-22(21(29)12-18)32-25(36)24-13-19(39-3)15-35(24)27(38)31-17-6-4-16(28)5-7-17/h4-12,19,24H,13,15H2,1-3H3,(H,31,38)(H,32,36)/t19-,24-/m1/s1. The number of nitrogens with one attached hydrogen (secondary N) is 2. The molecule has 2 N–H and O–H groups in total. The Labute approximate surface area is 229 Å². The summed E-state index contributed by atoms with van der Waals surface area (Å²) in [6, 6.07) is 12.4.